The van der Waals surface area contributed by atoms with Crippen molar-refractivity contribution in [3.63, 3.8) is 0 Å². The molecule has 0 heterocycles. The average Bonchev–Trinajstić information content (AvgIpc) is 2.37. The summed E-state index contributed by atoms with van der Waals surface area (Å²) in [5.41, 5.74) is -0.205. The second kappa shape index (κ2) is 6.33. The normalized spacial score (nSPS) is 11.7. The zero-order chi connectivity index (χ0) is 14.6. The van der Waals surface area contributed by atoms with Crippen molar-refractivity contribution in [2.45, 2.75) is 19.2 Å². The van der Waals surface area contributed by atoms with Gasteiger partial charge in [-0.15, -0.1) is 11.6 Å². The first-order valence-corrected chi connectivity index (χ1v) is 6.04. The van der Waals surface area contributed by atoms with Crippen LogP contribution in [-0.2, 0) is 4.74 Å². The fraction of sp³-hybridized carbons (Fsp3) is 0.308. The molecule has 1 atom stereocenters. The van der Waals surface area contributed by atoms with E-state index in [-0.39, 0.29) is 23.3 Å². The number of halogens is 1. The van der Waals surface area contributed by atoms with Gasteiger partial charge in [-0.05, 0) is 32.0 Å². The Labute approximate surface area is 115 Å². The van der Waals surface area contributed by atoms with Crippen molar-refractivity contribution in [1.29, 1.82) is 0 Å². The molecule has 1 aromatic carbocycles. The first-order chi connectivity index (χ1) is 8.88. The first kappa shape index (κ1) is 15.2. The molecule has 0 aliphatic carbocycles. The van der Waals surface area contributed by atoms with Gasteiger partial charge in [0, 0.05) is 5.56 Å². The van der Waals surface area contributed by atoms with Crippen LogP contribution in [0.2, 0.25) is 0 Å². The van der Waals surface area contributed by atoms with E-state index in [9.17, 15) is 14.4 Å². The lowest BCUT2D eigenvalue weighted by Crippen LogP contribution is -2.17. The second-order valence-corrected chi connectivity index (χ2v) is 4.42. The van der Waals surface area contributed by atoms with Crippen LogP contribution in [0.1, 0.15) is 44.9 Å². The van der Waals surface area contributed by atoms with Crippen LogP contribution in [0.15, 0.2) is 18.2 Å². The molecule has 0 aliphatic rings. The molecular formula is C13H13ClO5. The van der Waals surface area contributed by atoms with Gasteiger partial charge in [-0.3, -0.25) is 4.79 Å². The van der Waals surface area contributed by atoms with Gasteiger partial charge in [-0.1, -0.05) is 0 Å². The van der Waals surface area contributed by atoms with Crippen molar-refractivity contribution in [3.8, 4) is 0 Å². The fourth-order valence-corrected chi connectivity index (χ4v) is 1.61. The number of benzene rings is 1. The molecule has 0 spiro atoms. The molecule has 0 aromatic heterocycles. The number of carbonyl (C=O) groups excluding carboxylic acids is 2. The van der Waals surface area contributed by atoms with Crippen LogP contribution in [0.3, 0.4) is 0 Å². The quantitative estimate of drug-likeness (QED) is 0.510. The molecule has 1 aromatic rings. The molecule has 0 saturated heterocycles. The summed E-state index contributed by atoms with van der Waals surface area (Å²) >= 11 is 5.66. The second-order valence-electron chi connectivity index (χ2n) is 3.77. The zero-order valence-corrected chi connectivity index (χ0v) is 11.2. The highest BCUT2D eigenvalue weighted by atomic mass is 35.5. The number of carboxylic acid groups (broad SMARTS) is 1. The number of alkyl halides is 1. The van der Waals surface area contributed by atoms with E-state index in [1.807, 2.05) is 0 Å². The molecule has 0 saturated carbocycles. The summed E-state index contributed by atoms with van der Waals surface area (Å²) in [5, 5.41) is 8.24. The number of hydrogen-bond donors (Lipinski definition) is 1. The molecule has 0 amide bonds. The van der Waals surface area contributed by atoms with Crippen molar-refractivity contribution in [2.75, 3.05) is 6.61 Å². The Bertz CT molecular complexity index is 522. The van der Waals surface area contributed by atoms with E-state index in [0.29, 0.717) is 0 Å². The Hall–Kier alpha value is -1.88. The number of hydrogen-bond acceptors (Lipinski definition) is 4. The molecule has 5 nitrogen and oxygen atoms in total. The van der Waals surface area contributed by atoms with Crippen LogP contribution in [0.25, 0.3) is 0 Å². The van der Waals surface area contributed by atoms with Crippen LogP contribution >= 0.6 is 11.6 Å². The Morgan fingerprint density at radius 1 is 1.32 bits per heavy atom. The highest BCUT2D eigenvalue weighted by molar-refractivity contribution is 6.34. The van der Waals surface area contributed by atoms with Crippen LogP contribution in [0.5, 0.6) is 0 Å². The summed E-state index contributed by atoms with van der Waals surface area (Å²) in [4.78, 5) is 34.4. The largest absolute Gasteiger partial charge is 0.478 e. The molecule has 6 heteroatoms. The molecule has 1 rings (SSSR count). The monoisotopic (exact) mass is 284 g/mol. The predicted molar refractivity (Wildman–Crippen MR) is 69.0 cm³/mol. The van der Waals surface area contributed by atoms with E-state index >= 15 is 0 Å². The number of carboxylic acids is 1. The van der Waals surface area contributed by atoms with Gasteiger partial charge in [-0.2, -0.15) is 0 Å². The van der Waals surface area contributed by atoms with Crippen LogP contribution in [-0.4, -0.2) is 34.8 Å². The minimum absolute atomic E-state index is 0.0250. The van der Waals surface area contributed by atoms with Gasteiger partial charge < -0.3 is 9.84 Å². The standard InChI is InChI=1S/C13H13ClO5/c1-3-19-13(18)8-4-5-9(11(15)7(2)14)10(6-8)12(16)17/h4-7H,3H2,1-2H3,(H,16,17). The molecule has 0 fully saturated rings. The molecule has 0 bridgehead atoms. The lowest BCUT2D eigenvalue weighted by molar-refractivity contribution is 0.0526. The van der Waals surface area contributed by atoms with Crippen molar-refractivity contribution < 1.29 is 24.2 Å². The lowest BCUT2D eigenvalue weighted by atomic mass is 9.99. The van der Waals surface area contributed by atoms with Gasteiger partial charge in [0.25, 0.3) is 0 Å². The Morgan fingerprint density at radius 3 is 2.42 bits per heavy atom. The summed E-state index contributed by atoms with van der Waals surface area (Å²) < 4.78 is 4.77. The summed E-state index contributed by atoms with van der Waals surface area (Å²) in [6, 6.07) is 3.74. The van der Waals surface area contributed by atoms with Crippen molar-refractivity contribution in [1.82, 2.24) is 0 Å². The lowest BCUT2D eigenvalue weighted by Gasteiger charge is -2.09. The van der Waals surface area contributed by atoms with Crippen LogP contribution < -0.4 is 0 Å². The molecule has 0 radical (unpaired) electrons. The smallest absolute Gasteiger partial charge is 0.338 e. The predicted octanol–water partition coefficient (Wildman–Crippen LogP) is 2.37. The van der Waals surface area contributed by atoms with Gasteiger partial charge in [0.15, 0.2) is 5.78 Å². The van der Waals surface area contributed by atoms with Gasteiger partial charge in [0.1, 0.15) is 0 Å². The fourth-order valence-electron chi connectivity index (χ4n) is 1.49. The molecule has 0 aliphatic heterocycles. The van der Waals surface area contributed by atoms with Gasteiger partial charge >= 0.3 is 11.9 Å². The number of aromatic carboxylic acids is 1. The maximum Gasteiger partial charge on any atom is 0.338 e. The number of rotatable bonds is 5. The van der Waals surface area contributed by atoms with E-state index in [2.05, 4.69) is 0 Å². The van der Waals surface area contributed by atoms with E-state index < -0.39 is 23.1 Å². The van der Waals surface area contributed by atoms with E-state index in [0.717, 1.165) is 6.07 Å². The SMILES string of the molecule is CCOC(=O)c1ccc(C(=O)C(C)Cl)c(C(=O)O)c1. The topological polar surface area (TPSA) is 80.7 Å². The third kappa shape index (κ3) is 3.54. The van der Waals surface area contributed by atoms with Gasteiger partial charge in [0.05, 0.1) is 23.1 Å². The highest BCUT2D eigenvalue weighted by Crippen LogP contribution is 2.17. The molecule has 19 heavy (non-hydrogen) atoms. The maximum atomic E-state index is 11.8. The van der Waals surface area contributed by atoms with Gasteiger partial charge in [0.2, 0.25) is 0 Å². The Kier molecular flexibility index (Phi) is 5.06. The number of carbonyl (C=O) groups is 3. The number of esters is 1. The minimum atomic E-state index is -1.30. The summed E-state index contributed by atoms with van der Waals surface area (Å²) in [6.45, 7) is 3.28. The van der Waals surface area contributed by atoms with E-state index in [1.165, 1.54) is 19.1 Å². The average molecular weight is 285 g/mol. The third-order valence-electron chi connectivity index (χ3n) is 2.39. The third-order valence-corrected chi connectivity index (χ3v) is 2.59. The number of ketones is 1. The van der Waals surface area contributed by atoms with Crippen molar-refractivity contribution in [2.24, 2.45) is 0 Å². The number of Topliss-reactive ketones (excluding diaryl/α,β-unsaturated/α-hetero) is 1. The van der Waals surface area contributed by atoms with Crippen molar-refractivity contribution in [3.05, 3.63) is 34.9 Å². The first-order valence-electron chi connectivity index (χ1n) is 5.61. The molecule has 1 N–H and O–H groups in total. The zero-order valence-electron chi connectivity index (χ0n) is 10.5. The summed E-state index contributed by atoms with van der Waals surface area (Å²) in [6.07, 6.45) is 0. The van der Waals surface area contributed by atoms with Crippen LogP contribution in [0, 0.1) is 0 Å². The molecule has 102 valence electrons. The molecular weight excluding hydrogens is 272 g/mol. The number of ether oxygens (including phenoxy) is 1. The Balaban J connectivity index is 3.26. The minimum Gasteiger partial charge on any atom is -0.478 e. The van der Waals surface area contributed by atoms with E-state index in [1.54, 1.807) is 6.92 Å². The highest BCUT2D eigenvalue weighted by Gasteiger charge is 2.22. The summed E-state index contributed by atoms with van der Waals surface area (Å²) in [5.74, 6) is -2.44. The summed E-state index contributed by atoms with van der Waals surface area (Å²) in [7, 11) is 0. The van der Waals surface area contributed by atoms with Crippen molar-refractivity contribution >= 4 is 29.3 Å². The van der Waals surface area contributed by atoms with E-state index in [4.69, 9.17) is 21.4 Å². The van der Waals surface area contributed by atoms with Gasteiger partial charge in [-0.25, -0.2) is 9.59 Å². The van der Waals surface area contributed by atoms with Crippen LogP contribution in [0.4, 0.5) is 0 Å². The maximum absolute atomic E-state index is 11.8. The Morgan fingerprint density at radius 2 is 1.95 bits per heavy atom. The molecule has 1 unspecified atom stereocenters.